The highest BCUT2D eigenvalue weighted by atomic mass is 32.2. The van der Waals surface area contributed by atoms with Crippen LogP contribution in [0.25, 0.3) is 5.57 Å². The molecule has 0 unspecified atom stereocenters. The monoisotopic (exact) mass is 625 g/mol. The van der Waals surface area contributed by atoms with Gasteiger partial charge in [0.2, 0.25) is 5.91 Å². The first-order valence-corrected chi connectivity index (χ1v) is 16.3. The lowest BCUT2D eigenvalue weighted by Crippen LogP contribution is -2.50. The second kappa shape index (κ2) is 12.6. The van der Waals surface area contributed by atoms with Crippen LogP contribution in [0.1, 0.15) is 77.2 Å². The number of carbonyl (C=O) groups is 2. The van der Waals surface area contributed by atoms with Crippen molar-refractivity contribution in [1.82, 2.24) is 19.6 Å². The number of hydrogen-bond acceptors (Lipinski definition) is 9. The van der Waals surface area contributed by atoms with Gasteiger partial charge in [0.1, 0.15) is 21.3 Å². The van der Waals surface area contributed by atoms with E-state index >= 15 is 0 Å². The van der Waals surface area contributed by atoms with E-state index in [1.165, 1.54) is 25.2 Å². The van der Waals surface area contributed by atoms with E-state index in [0.717, 1.165) is 23.1 Å². The Morgan fingerprint density at radius 1 is 1.23 bits per heavy atom. The lowest BCUT2D eigenvalue weighted by atomic mass is 9.98. The van der Waals surface area contributed by atoms with Gasteiger partial charge in [0.25, 0.3) is 15.9 Å². The van der Waals surface area contributed by atoms with Gasteiger partial charge in [-0.2, -0.15) is 0 Å². The molecule has 4 rings (SSSR count). The Morgan fingerprint density at radius 3 is 2.53 bits per heavy atom. The van der Waals surface area contributed by atoms with Crippen LogP contribution in [0.15, 0.2) is 49.2 Å². The molecular weight excluding hydrogens is 587 g/mol. The fraction of sp³-hybridized carbons (Fsp3) is 0.419. The quantitative estimate of drug-likeness (QED) is 0.286. The summed E-state index contributed by atoms with van der Waals surface area (Å²) in [6, 6.07) is 11.9. The molecule has 2 aromatic heterocycles. The number of methoxy groups -OCH3 is 1. The third-order valence-corrected chi connectivity index (χ3v) is 10.3. The Kier molecular flexibility index (Phi) is 9.43. The molecule has 3 aromatic rings. The maximum absolute atomic E-state index is 14.1. The number of aromatic nitrogens is 2. The minimum Gasteiger partial charge on any atom is -0.495 e. The summed E-state index contributed by atoms with van der Waals surface area (Å²) in [6.07, 6.45) is 4.45. The van der Waals surface area contributed by atoms with E-state index < -0.39 is 26.2 Å². The summed E-state index contributed by atoms with van der Waals surface area (Å²) in [7, 11) is -2.56. The van der Waals surface area contributed by atoms with Crippen molar-refractivity contribution in [2.75, 3.05) is 13.7 Å². The number of nitrogens with one attached hydrogen (secondary N) is 1. The topological polar surface area (TPSA) is 145 Å². The molecule has 43 heavy (non-hydrogen) atoms. The van der Waals surface area contributed by atoms with Gasteiger partial charge in [0, 0.05) is 11.4 Å². The van der Waals surface area contributed by atoms with Crippen LogP contribution in [-0.4, -0.2) is 53.6 Å². The average molecular weight is 626 g/mol. The Hall–Kier alpha value is -3.61. The number of amides is 2. The van der Waals surface area contributed by atoms with Crippen molar-refractivity contribution in [3.8, 4) is 5.75 Å². The largest absolute Gasteiger partial charge is 0.495 e. The number of carbonyl (C=O) groups excluding carboxylic acids is 2. The van der Waals surface area contributed by atoms with E-state index in [9.17, 15) is 18.0 Å². The predicted octanol–water partition coefficient (Wildman–Crippen LogP) is 4.34. The van der Waals surface area contributed by atoms with Gasteiger partial charge in [-0.3, -0.25) is 14.6 Å². The summed E-state index contributed by atoms with van der Waals surface area (Å²) in [6.45, 7) is 10.9. The minimum absolute atomic E-state index is 0.00482. The molecule has 1 saturated carbocycles. The number of benzene rings is 1. The van der Waals surface area contributed by atoms with Crippen molar-refractivity contribution in [1.29, 1.82) is 0 Å². The van der Waals surface area contributed by atoms with Gasteiger partial charge in [0.05, 0.1) is 31.0 Å². The highest BCUT2D eigenvalue weighted by Crippen LogP contribution is 2.49. The predicted molar refractivity (Wildman–Crippen MR) is 168 cm³/mol. The van der Waals surface area contributed by atoms with Crippen LogP contribution >= 0.6 is 11.3 Å². The molecule has 230 valence electrons. The molecule has 1 aliphatic carbocycles. The Balaban J connectivity index is 1.57. The summed E-state index contributed by atoms with van der Waals surface area (Å²) < 4.78 is 32.2. The molecule has 0 spiro atoms. The van der Waals surface area contributed by atoms with Gasteiger partial charge in [-0.25, -0.2) is 18.1 Å². The van der Waals surface area contributed by atoms with E-state index in [0.29, 0.717) is 47.1 Å². The van der Waals surface area contributed by atoms with Gasteiger partial charge in [-0.05, 0) is 76.6 Å². The van der Waals surface area contributed by atoms with Crippen molar-refractivity contribution in [2.24, 2.45) is 5.73 Å². The van der Waals surface area contributed by atoms with Crippen LogP contribution in [0.5, 0.6) is 5.75 Å². The van der Waals surface area contributed by atoms with E-state index in [4.69, 9.17) is 10.5 Å². The molecule has 0 saturated heterocycles. The van der Waals surface area contributed by atoms with E-state index in [2.05, 4.69) is 28.7 Å². The first kappa shape index (κ1) is 32.3. The van der Waals surface area contributed by atoms with Gasteiger partial charge >= 0.3 is 0 Å². The highest BCUT2D eigenvalue weighted by molar-refractivity contribution is 7.91. The van der Waals surface area contributed by atoms with E-state index in [-0.39, 0.29) is 18.1 Å². The van der Waals surface area contributed by atoms with E-state index in [1.54, 1.807) is 31.2 Å². The molecule has 1 aromatic carbocycles. The molecule has 0 radical (unpaired) electrons. The van der Waals surface area contributed by atoms with Crippen molar-refractivity contribution in [3.05, 3.63) is 81.6 Å². The number of hydrogen-bond donors (Lipinski definition) is 2. The van der Waals surface area contributed by atoms with Crippen LogP contribution < -0.4 is 15.2 Å². The zero-order valence-corrected chi connectivity index (χ0v) is 26.9. The highest BCUT2D eigenvalue weighted by Gasteiger charge is 2.54. The van der Waals surface area contributed by atoms with Crippen LogP contribution in [0, 0.1) is 6.92 Å². The summed E-state index contributed by atoms with van der Waals surface area (Å²) in [4.78, 5) is 36.7. The standard InChI is InChI=1S/C31H39N5O5S2/c1-20(2)23-11-7-9-22(17-23)10-8-16-36(29(38)31(14-15-31)25-13-12-24(41-6)18-33-25)19-26-34-27(21(3)42-26)28(37)35-43(39,40)30(4,5)32/h7,9,11-13,17-18H,1,8,10,14-16,19,32H2,2-6H3,(H,35,37). The molecule has 1 aliphatic rings. The van der Waals surface area contributed by atoms with E-state index in [1.807, 2.05) is 29.8 Å². The zero-order chi connectivity index (χ0) is 31.6. The molecule has 0 aliphatic heterocycles. The molecular formula is C31H39N5O5S2. The Labute approximate surface area is 257 Å². The number of pyridine rings is 1. The fourth-order valence-corrected chi connectivity index (χ4v) is 6.25. The number of nitrogens with zero attached hydrogens (tertiary/aromatic N) is 3. The number of ether oxygens (including phenoxy) is 1. The second-order valence-electron chi connectivity index (χ2n) is 11.5. The Bertz CT molecular complexity index is 1620. The van der Waals surface area contributed by atoms with Gasteiger partial charge in [0.15, 0.2) is 0 Å². The molecule has 0 bridgehead atoms. The van der Waals surface area contributed by atoms with Crippen LogP contribution in [0.3, 0.4) is 0 Å². The summed E-state index contributed by atoms with van der Waals surface area (Å²) in [5, 5.41) is 0.531. The number of nitrogens with two attached hydrogens (primary N) is 1. The number of aryl methyl sites for hydroxylation is 2. The summed E-state index contributed by atoms with van der Waals surface area (Å²) in [5.74, 6) is -0.285. The van der Waals surface area contributed by atoms with Gasteiger partial charge < -0.3 is 15.4 Å². The zero-order valence-electron chi connectivity index (χ0n) is 25.3. The maximum atomic E-state index is 14.1. The third kappa shape index (κ3) is 7.31. The first-order valence-electron chi connectivity index (χ1n) is 14.0. The lowest BCUT2D eigenvalue weighted by molar-refractivity contribution is -0.134. The lowest BCUT2D eigenvalue weighted by Gasteiger charge is -2.27. The normalized spacial score (nSPS) is 14.2. The van der Waals surface area contributed by atoms with Crippen molar-refractivity contribution in [3.63, 3.8) is 0 Å². The van der Waals surface area contributed by atoms with Crippen molar-refractivity contribution in [2.45, 2.75) is 70.2 Å². The van der Waals surface area contributed by atoms with Gasteiger partial charge in [-0.15, -0.1) is 11.3 Å². The summed E-state index contributed by atoms with van der Waals surface area (Å²) in [5.41, 5.74) is 8.91. The minimum atomic E-state index is -4.13. The maximum Gasteiger partial charge on any atom is 0.284 e. The van der Waals surface area contributed by atoms with Crippen molar-refractivity contribution >= 4 is 38.7 Å². The smallest absolute Gasteiger partial charge is 0.284 e. The molecule has 0 atom stereocenters. The third-order valence-electron chi connectivity index (χ3n) is 7.52. The number of rotatable bonds is 13. The molecule has 10 nitrogen and oxygen atoms in total. The van der Waals surface area contributed by atoms with Crippen LogP contribution in [0.4, 0.5) is 0 Å². The van der Waals surface area contributed by atoms with Crippen LogP contribution in [-0.2, 0) is 33.2 Å². The fourth-order valence-electron chi connectivity index (χ4n) is 4.70. The number of sulfonamides is 1. The Morgan fingerprint density at radius 2 is 1.95 bits per heavy atom. The van der Waals surface area contributed by atoms with Gasteiger partial charge in [-0.1, -0.05) is 36.4 Å². The molecule has 1 fully saturated rings. The average Bonchev–Trinajstić information content (AvgIpc) is 3.68. The number of thiazole rings is 1. The molecule has 2 amide bonds. The number of allylic oxidation sites excluding steroid dienone is 1. The molecule has 12 heteroatoms. The second-order valence-corrected chi connectivity index (χ2v) is 15.1. The summed E-state index contributed by atoms with van der Waals surface area (Å²) >= 11 is 1.25. The SMILES string of the molecule is C=C(C)c1cccc(CCCN(Cc2nc(C(=O)NS(=O)(=O)C(C)(C)N)c(C)s2)C(=O)C2(c3ccc(OC)cn3)CC2)c1. The van der Waals surface area contributed by atoms with Crippen LogP contribution in [0.2, 0.25) is 0 Å². The van der Waals surface area contributed by atoms with Crippen molar-refractivity contribution < 1.29 is 22.7 Å². The molecule has 3 N–H and O–H groups in total. The molecule has 2 heterocycles. The first-order chi connectivity index (χ1) is 20.2.